The van der Waals surface area contributed by atoms with Crippen LogP contribution in [0.4, 0.5) is 13.6 Å². The second-order valence-electron chi connectivity index (χ2n) is 11.3. The molecule has 4 saturated carbocycles. The average molecular weight is 582 g/mol. The van der Waals surface area contributed by atoms with Crippen molar-refractivity contribution in [3.63, 3.8) is 0 Å². The van der Waals surface area contributed by atoms with Crippen molar-refractivity contribution in [2.24, 2.45) is 17.8 Å². The highest BCUT2D eigenvalue weighted by atomic mass is 32.2. The number of halogens is 2. The minimum Gasteiger partial charge on any atom is -0.428 e. The van der Waals surface area contributed by atoms with E-state index in [1.807, 2.05) is 0 Å². The molecule has 0 unspecified atom stereocenters. The van der Waals surface area contributed by atoms with Crippen LogP contribution in [0.15, 0.2) is 106 Å². The molecule has 4 bridgehead atoms. The van der Waals surface area contributed by atoms with Gasteiger partial charge in [0.05, 0.1) is 10.9 Å². The predicted octanol–water partition coefficient (Wildman–Crippen LogP) is 8.05. The Morgan fingerprint density at radius 2 is 1.12 bits per heavy atom. The Labute approximate surface area is 242 Å². The molecular weight excluding hydrogens is 546 g/mol. The number of ether oxygens (including phenoxy) is 3. The van der Waals surface area contributed by atoms with E-state index in [4.69, 9.17) is 4.74 Å². The van der Waals surface area contributed by atoms with E-state index in [1.165, 1.54) is 33.9 Å². The van der Waals surface area contributed by atoms with E-state index >= 15 is 0 Å². The number of benzene rings is 3. The third-order valence-corrected chi connectivity index (χ3v) is 10.2. The molecule has 41 heavy (non-hydrogen) atoms. The first-order valence-electron chi connectivity index (χ1n) is 14.0. The van der Waals surface area contributed by atoms with Crippen LogP contribution in [-0.2, 0) is 29.9 Å². The fraction of sp³-hybridized carbons (Fsp3) is 0.394. The summed E-state index contributed by atoms with van der Waals surface area (Å²) in [5.41, 5.74) is -0.468. The summed E-state index contributed by atoms with van der Waals surface area (Å²) in [5, 5.41) is 0. The Morgan fingerprint density at radius 1 is 0.732 bits per heavy atom. The van der Waals surface area contributed by atoms with Crippen LogP contribution >= 0.6 is 0 Å². The molecule has 0 radical (unpaired) electrons. The molecule has 4 aliphatic carbocycles. The zero-order chi connectivity index (χ0) is 28.9. The Kier molecular flexibility index (Phi) is 8.97. The van der Waals surface area contributed by atoms with Gasteiger partial charge in [-0.1, -0.05) is 54.6 Å². The van der Waals surface area contributed by atoms with E-state index in [0.717, 1.165) is 19.3 Å². The van der Waals surface area contributed by atoms with Gasteiger partial charge in [0.25, 0.3) is 0 Å². The Hall–Kier alpha value is -3.39. The topological polar surface area (TPSA) is 61.8 Å². The molecule has 0 atom stereocenters. The molecule has 0 heterocycles. The number of alkyl halides is 2. The van der Waals surface area contributed by atoms with E-state index in [9.17, 15) is 18.4 Å². The van der Waals surface area contributed by atoms with Gasteiger partial charge >= 0.3 is 18.0 Å². The fourth-order valence-corrected chi connectivity index (χ4v) is 8.80. The number of rotatable bonds is 7. The second-order valence-corrected chi connectivity index (χ2v) is 13.3. The summed E-state index contributed by atoms with van der Waals surface area (Å²) in [6, 6.07) is 32.2. The van der Waals surface area contributed by atoms with Crippen molar-refractivity contribution in [1.29, 1.82) is 0 Å². The largest absolute Gasteiger partial charge is 0.511 e. The number of esters is 1. The van der Waals surface area contributed by atoms with Crippen molar-refractivity contribution in [3.05, 3.63) is 91.0 Å². The first-order valence-corrected chi connectivity index (χ1v) is 15.2. The second kappa shape index (κ2) is 12.6. The van der Waals surface area contributed by atoms with Gasteiger partial charge in [-0.15, -0.1) is 0 Å². The molecule has 216 valence electrons. The quantitative estimate of drug-likeness (QED) is 0.161. The maximum absolute atomic E-state index is 12.6. The molecule has 7 rings (SSSR count). The molecule has 0 amide bonds. The zero-order valence-electron chi connectivity index (χ0n) is 23.0. The van der Waals surface area contributed by atoms with Gasteiger partial charge in [-0.2, -0.15) is 8.78 Å². The van der Waals surface area contributed by atoms with Gasteiger partial charge in [-0.3, -0.25) is 0 Å². The molecule has 3 aromatic carbocycles. The molecule has 0 spiro atoms. The summed E-state index contributed by atoms with van der Waals surface area (Å²) in [4.78, 5) is 26.7. The number of hydrogen-bond donors (Lipinski definition) is 0. The normalized spacial score (nSPS) is 24.2. The molecule has 0 saturated heterocycles. The van der Waals surface area contributed by atoms with Crippen molar-refractivity contribution < 1.29 is 32.6 Å². The van der Waals surface area contributed by atoms with Crippen LogP contribution in [-0.4, -0.2) is 30.4 Å². The molecule has 3 aromatic rings. The summed E-state index contributed by atoms with van der Waals surface area (Å²) in [6.45, 7) is -0.434. The highest BCUT2D eigenvalue weighted by molar-refractivity contribution is 7.97. The maximum atomic E-state index is 12.6. The van der Waals surface area contributed by atoms with Crippen LogP contribution in [0.3, 0.4) is 0 Å². The van der Waals surface area contributed by atoms with Gasteiger partial charge in [0.1, 0.15) is 5.60 Å². The molecular formula is C33H35F2O5S+. The molecule has 5 nitrogen and oxygen atoms in total. The molecule has 0 N–H and O–H groups in total. The summed E-state index contributed by atoms with van der Waals surface area (Å²) >= 11 is 0. The predicted molar refractivity (Wildman–Crippen MR) is 152 cm³/mol. The van der Waals surface area contributed by atoms with Crippen molar-refractivity contribution in [2.45, 2.75) is 71.7 Å². The summed E-state index contributed by atoms with van der Waals surface area (Å²) in [7, 11) is -0.0146. The van der Waals surface area contributed by atoms with Crippen LogP contribution in [0.25, 0.3) is 0 Å². The Balaban J connectivity index is 0.000000166. The monoisotopic (exact) mass is 581 g/mol. The van der Waals surface area contributed by atoms with Crippen molar-refractivity contribution >= 4 is 23.0 Å². The maximum Gasteiger partial charge on any atom is 0.511 e. The number of hydrogen-bond acceptors (Lipinski definition) is 5. The molecule has 0 aliphatic heterocycles. The summed E-state index contributed by atoms with van der Waals surface area (Å²) in [5.74, 6) is -3.51. The van der Waals surface area contributed by atoms with Crippen LogP contribution in [0.2, 0.25) is 0 Å². The molecule has 4 fully saturated rings. The van der Waals surface area contributed by atoms with E-state index in [1.54, 1.807) is 0 Å². The summed E-state index contributed by atoms with van der Waals surface area (Å²) < 4.78 is 39.4. The highest BCUT2D eigenvalue weighted by Gasteiger charge is 2.53. The van der Waals surface area contributed by atoms with Gasteiger partial charge in [0.2, 0.25) is 6.79 Å². The lowest BCUT2D eigenvalue weighted by atomic mass is 9.54. The van der Waals surface area contributed by atoms with Gasteiger partial charge < -0.3 is 14.2 Å². The molecule has 0 aromatic heterocycles. The SMILES string of the molecule is CC(F)(F)C(=O)OCOC(=O)OC12CC3CC(CC(C3)C1)C2.c1ccc([S+](c2ccccc2)c2ccccc2)cc1. The molecule has 8 heteroatoms. The van der Waals surface area contributed by atoms with Gasteiger partial charge in [-0.25, -0.2) is 9.59 Å². The average Bonchev–Trinajstić information content (AvgIpc) is 2.94. The van der Waals surface area contributed by atoms with Crippen LogP contribution in [0.5, 0.6) is 0 Å². The smallest absolute Gasteiger partial charge is 0.428 e. The Bertz CT molecular complexity index is 1170. The van der Waals surface area contributed by atoms with E-state index < -0.39 is 30.4 Å². The zero-order valence-corrected chi connectivity index (χ0v) is 23.9. The lowest BCUT2D eigenvalue weighted by molar-refractivity contribution is -0.183. The standard InChI is InChI=1S/C18H15S.C15H20F2O5/c1-4-10-16(11-5-1)19(17-12-6-2-7-13-17)18-14-8-3-9-15-18;1-14(16,17)12(18)20-8-21-13(19)22-15-5-9-2-10(6-15)4-11(3-9)7-15/h1-15H;9-11H,2-8H2,1H3/q+1;. The highest BCUT2D eigenvalue weighted by Crippen LogP contribution is 2.57. The van der Waals surface area contributed by atoms with Gasteiger partial charge in [-0.05, 0) is 92.7 Å². The van der Waals surface area contributed by atoms with Crippen LogP contribution < -0.4 is 0 Å². The number of carbonyl (C=O) groups is 2. The van der Waals surface area contributed by atoms with Gasteiger partial charge in [0.15, 0.2) is 14.7 Å². The fourth-order valence-electron chi connectivity index (χ4n) is 6.70. The lowest BCUT2D eigenvalue weighted by Gasteiger charge is -2.55. The van der Waals surface area contributed by atoms with Crippen LogP contribution in [0, 0.1) is 17.8 Å². The first kappa shape index (κ1) is 29.1. The van der Waals surface area contributed by atoms with Gasteiger partial charge in [0, 0.05) is 6.92 Å². The summed E-state index contributed by atoms with van der Waals surface area (Å²) in [6.07, 6.45) is 5.22. The van der Waals surface area contributed by atoms with Crippen molar-refractivity contribution in [2.75, 3.05) is 6.79 Å². The lowest BCUT2D eigenvalue weighted by Crippen LogP contribution is -2.52. The van der Waals surface area contributed by atoms with E-state index in [2.05, 4.69) is 100 Å². The first-order chi connectivity index (χ1) is 19.7. The van der Waals surface area contributed by atoms with E-state index in [0.29, 0.717) is 24.7 Å². The van der Waals surface area contributed by atoms with Crippen molar-refractivity contribution in [3.8, 4) is 0 Å². The van der Waals surface area contributed by atoms with Crippen molar-refractivity contribution in [1.82, 2.24) is 0 Å². The minimum absolute atomic E-state index is 0.0146. The Morgan fingerprint density at radius 3 is 1.49 bits per heavy atom. The third kappa shape index (κ3) is 7.47. The minimum atomic E-state index is -3.60. The third-order valence-electron chi connectivity index (χ3n) is 7.94. The van der Waals surface area contributed by atoms with E-state index in [-0.39, 0.29) is 10.9 Å². The number of carbonyl (C=O) groups excluding carboxylic acids is 2. The van der Waals surface area contributed by atoms with Crippen LogP contribution in [0.1, 0.15) is 45.4 Å². The molecule has 4 aliphatic rings.